The molecule has 0 unspecified atom stereocenters. The van der Waals surface area contributed by atoms with E-state index < -0.39 is 5.97 Å². The molecule has 0 bridgehead atoms. The Morgan fingerprint density at radius 3 is 2.68 bits per heavy atom. The molecule has 0 atom stereocenters. The second-order valence-electron chi connectivity index (χ2n) is 4.54. The van der Waals surface area contributed by atoms with Crippen molar-refractivity contribution in [2.75, 3.05) is 0 Å². The highest BCUT2D eigenvalue weighted by Gasteiger charge is 2.16. The summed E-state index contributed by atoms with van der Waals surface area (Å²) in [6, 6.07) is 3.44. The zero-order chi connectivity index (χ0) is 14.0. The van der Waals surface area contributed by atoms with Crippen molar-refractivity contribution in [2.45, 2.75) is 33.1 Å². The summed E-state index contributed by atoms with van der Waals surface area (Å²) >= 11 is 0. The lowest BCUT2D eigenvalue weighted by Gasteiger charge is -2.07. The van der Waals surface area contributed by atoms with Crippen LogP contribution in [0.2, 0.25) is 0 Å². The van der Waals surface area contributed by atoms with E-state index in [0.717, 1.165) is 24.8 Å². The zero-order valence-electron chi connectivity index (χ0n) is 11.0. The van der Waals surface area contributed by atoms with E-state index in [1.807, 2.05) is 0 Å². The number of rotatable bonds is 5. The van der Waals surface area contributed by atoms with Gasteiger partial charge in [-0.3, -0.25) is 4.79 Å². The monoisotopic (exact) mass is 260 g/mol. The molecule has 0 radical (unpaired) electrons. The van der Waals surface area contributed by atoms with Crippen molar-refractivity contribution in [3.63, 3.8) is 0 Å². The number of ketones is 1. The number of hydrogen-bond donors (Lipinski definition) is 2. The van der Waals surface area contributed by atoms with Crippen molar-refractivity contribution in [1.82, 2.24) is 9.97 Å². The van der Waals surface area contributed by atoms with Crippen LogP contribution in [0.1, 0.15) is 53.2 Å². The summed E-state index contributed by atoms with van der Waals surface area (Å²) < 4.78 is 0. The van der Waals surface area contributed by atoms with Crippen molar-refractivity contribution in [1.29, 1.82) is 0 Å². The number of hydrogen-bond acceptors (Lipinski definition) is 3. The number of nitrogens with one attached hydrogen (secondary N) is 1. The summed E-state index contributed by atoms with van der Waals surface area (Å²) in [5, 5.41) is 8.97. The maximum absolute atomic E-state index is 11.7. The Bertz CT molecular complexity index is 643. The van der Waals surface area contributed by atoms with Gasteiger partial charge in [-0.05, 0) is 37.5 Å². The molecule has 5 heteroatoms. The first-order valence-electron chi connectivity index (χ1n) is 6.30. The fraction of sp³-hybridized carbons (Fsp3) is 0.357. The van der Waals surface area contributed by atoms with Crippen LogP contribution in [-0.4, -0.2) is 26.8 Å². The summed E-state index contributed by atoms with van der Waals surface area (Å²) in [5.41, 5.74) is 2.73. The van der Waals surface area contributed by atoms with Gasteiger partial charge in [0, 0.05) is 5.56 Å². The molecule has 0 amide bonds. The molecule has 0 saturated carbocycles. The molecule has 1 aromatic heterocycles. The van der Waals surface area contributed by atoms with Gasteiger partial charge in [-0.2, -0.15) is 0 Å². The molecule has 0 aliphatic carbocycles. The maximum Gasteiger partial charge on any atom is 0.371 e. The second kappa shape index (κ2) is 5.22. The molecule has 2 N–H and O–H groups in total. The van der Waals surface area contributed by atoms with Crippen LogP contribution in [0.4, 0.5) is 0 Å². The highest BCUT2D eigenvalue weighted by Crippen LogP contribution is 2.23. The van der Waals surface area contributed by atoms with Gasteiger partial charge in [0.25, 0.3) is 0 Å². The van der Waals surface area contributed by atoms with Crippen molar-refractivity contribution >= 4 is 22.8 Å². The molecule has 0 aliphatic rings. The minimum atomic E-state index is -1.10. The third-order valence-corrected chi connectivity index (χ3v) is 3.12. The van der Waals surface area contributed by atoms with E-state index in [1.54, 1.807) is 12.1 Å². The number of carbonyl (C=O) groups excluding carboxylic acids is 1. The molecular weight excluding hydrogens is 244 g/mol. The van der Waals surface area contributed by atoms with Gasteiger partial charge in [0.2, 0.25) is 5.82 Å². The zero-order valence-corrected chi connectivity index (χ0v) is 11.0. The number of benzene rings is 1. The van der Waals surface area contributed by atoms with Gasteiger partial charge in [0.1, 0.15) is 0 Å². The number of carboxylic acids is 1. The number of aromatic nitrogens is 2. The Morgan fingerprint density at radius 1 is 1.37 bits per heavy atom. The highest BCUT2D eigenvalue weighted by molar-refractivity contribution is 6.00. The number of carboxylic acid groups (broad SMARTS) is 1. The molecule has 1 heterocycles. The summed E-state index contributed by atoms with van der Waals surface area (Å²) in [5.74, 6) is -1.21. The van der Waals surface area contributed by atoms with Crippen molar-refractivity contribution in [3.8, 4) is 0 Å². The quantitative estimate of drug-likeness (QED) is 0.810. The van der Waals surface area contributed by atoms with Gasteiger partial charge >= 0.3 is 5.97 Å². The van der Waals surface area contributed by atoms with Gasteiger partial charge in [-0.25, -0.2) is 9.78 Å². The molecule has 19 heavy (non-hydrogen) atoms. The Hall–Kier alpha value is -2.17. The van der Waals surface area contributed by atoms with Crippen LogP contribution in [-0.2, 0) is 6.42 Å². The molecule has 2 aromatic rings. The summed E-state index contributed by atoms with van der Waals surface area (Å²) in [6.07, 6.45) is 2.67. The van der Waals surface area contributed by atoms with Crippen molar-refractivity contribution < 1.29 is 14.7 Å². The number of nitrogens with zero attached hydrogens (tertiary/aromatic N) is 1. The number of fused-ring (bicyclic) bond motifs is 1. The Kier molecular flexibility index (Phi) is 3.64. The van der Waals surface area contributed by atoms with Crippen LogP contribution in [0, 0.1) is 0 Å². The van der Waals surface area contributed by atoms with Crippen LogP contribution >= 0.6 is 0 Å². The molecular formula is C14H16N2O3. The van der Waals surface area contributed by atoms with Gasteiger partial charge in [0.15, 0.2) is 5.78 Å². The van der Waals surface area contributed by atoms with Crippen molar-refractivity contribution in [3.05, 3.63) is 29.1 Å². The number of unbranched alkanes of at least 4 members (excludes halogenated alkanes) is 1. The second-order valence-corrected chi connectivity index (χ2v) is 4.54. The first-order chi connectivity index (χ1) is 9.04. The topological polar surface area (TPSA) is 83.0 Å². The van der Waals surface area contributed by atoms with E-state index in [1.165, 1.54) is 6.92 Å². The molecule has 0 aliphatic heterocycles. The highest BCUT2D eigenvalue weighted by atomic mass is 16.4. The normalized spacial score (nSPS) is 10.8. The first-order valence-corrected chi connectivity index (χ1v) is 6.30. The Morgan fingerprint density at radius 2 is 2.11 bits per heavy atom. The van der Waals surface area contributed by atoms with Gasteiger partial charge in [-0.15, -0.1) is 0 Å². The van der Waals surface area contributed by atoms with E-state index in [-0.39, 0.29) is 11.6 Å². The molecule has 2 rings (SSSR count). The van der Waals surface area contributed by atoms with Crippen LogP contribution < -0.4 is 0 Å². The standard InChI is InChI=1S/C14H16N2O3/c1-3-4-5-10-9(8(2)17)6-7-11-12(10)16-13(15-11)14(18)19/h6-7H,3-5H2,1-2H3,(H,15,16)(H,18,19). The summed E-state index contributed by atoms with van der Waals surface area (Å²) in [7, 11) is 0. The third-order valence-electron chi connectivity index (χ3n) is 3.12. The van der Waals surface area contributed by atoms with Gasteiger partial charge in [0.05, 0.1) is 11.0 Å². The minimum Gasteiger partial charge on any atom is -0.475 e. The maximum atomic E-state index is 11.7. The van der Waals surface area contributed by atoms with Crippen LogP contribution in [0.15, 0.2) is 12.1 Å². The minimum absolute atomic E-state index is 0.0205. The number of aromatic carboxylic acids is 1. The Labute approximate surface area is 110 Å². The molecule has 1 aromatic carbocycles. The molecule has 5 nitrogen and oxygen atoms in total. The number of aromatic amines is 1. The van der Waals surface area contributed by atoms with E-state index in [4.69, 9.17) is 5.11 Å². The smallest absolute Gasteiger partial charge is 0.371 e. The fourth-order valence-corrected chi connectivity index (χ4v) is 2.17. The number of aryl methyl sites for hydroxylation is 1. The van der Waals surface area contributed by atoms with Crippen LogP contribution in [0.25, 0.3) is 11.0 Å². The lowest BCUT2D eigenvalue weighted by molar-refractivity contribution is 0.0685. The lowest BCUT2D eigenvalue weighted by Crippen LogP contribution is -2.01. The number of Topliss-reactive ketones (excluding diaryl/α,β-unsaturated/α-hetero) is 1. The third kappa shape index (κ3) is 2.50. The Balaban J connectivity index is 2.63. The SMILES string of the molecule is CCCCc1c(C(C)=O)ccc2[nH]c(C(=O)O)nc12. The molecule has 100 valence electrons. The average molecular weight is 260 g/mol. The van der Waals surface area contributed by atoms with Crippen LogP contribution in [0.3, 0.4) is 0 Å². The lowest BCUT2D eigenvalue weighted by atomic mass is 9.98. The number of imidazole rings is 1. The largest absolute Gasteiger partial charge is 0.475 e. The fourth-order valence-electron chi connectivity index (χ4n) is 2.17. The van der Waals surface area contributed by atoms with Gasteiger partial charge in [-0.1, -0.05) is 13.3 Å². The van der Waals surface area contributed by atoms with E-state index >= 15 is 0 Å². The summed E-state index contributed by atoms with van der Waals surface area (Å²) in [4.78, 5) is 29.5. The predicted octanol–water partition coefficient (Wildman–Crippen LogP) is 2.81. The molecule has 0 spiro atoms. The number of carbonyl (C=O) groups is 2. The van der Waals surface area contributed by atoms with E-state index in [9.17, 15) is 9.59 Å². The first kappa shape index (κ1) is 13.3. The average Bonchev–Trinajstić information content (AvgIpc) is 2.79. The van der Waals surface area contributed by atoms with Crippen molar-refractivity contribution in [2.24, 2.45) is 0 Å². The molecule has 0 fully saturated rings. The van der Waals surface area contributed by atoms with Crippen LogP contribution in [0.5, 0.6) is 0 Å². The molecule has 0 saturated heterocycles. The van der Waals surface area contributed by atoms with E-state index in [2.05, 4.69) is 16.9 Å². The van der Waals surface area contributed by atoms with Gasteiger partial charge < -0.3 is 10.1 Å². The number of H-pyrrole nitrogens is 1. The van der Waals surface area contributed by atoms with E-state index in [0.29, 0.717) is 16.6 Å². The summed E-state index contributed by atoms with van der Waals surface area (Å²) in [6.45, 7) is 3.59. The predicted molar refractivity (Wildman–Crippen MR) is 71.7 cm³/mol.